The van der Waals surface area contributed by atoms with Crippen molar-refractivity contribution in [3.05, 3.63) is 59.2 Å². The minimum atomic E-state index is -0.514. The number of carbonyl (C=O) groups is 2. The Bertz CT molecular complexity index is 694. The lowest BCUT2D eigenvalue weighted by atomic mass is 10.1. The molecule has 0 atom stereocenters. The highest BCUT2D eigenvalue weighted by Crippen LogP contribution is 2.18. The van der Waals surface area contributed by atoms with Crippen LogP contribution in [0.5, 0.6) is 0 Å². The van der Waals surface area contributed by atoms with E-state index in [9.17, 15) is 9.59 Å². The Morgan fingerprint density at radius 3 is 2.36 bits per heavy atom. The summed E-state index contributed by atoms with van der Waals surface area (Å²) in [5.74, 6) is -0.708. The van der Waals surface area contributed by atoms with E-state index in [0.29, 0.717) is 11.3 Å². The third-order valence-corrected chi connectivity index (χ3v) is 3.29. The second-order valence-electron chi connectivity index (χ2n) is 5.13. The molecule has 2 rings (SSSR count). The van der Waals surface area contributed by atoms with Crippen molar-refractivity contribution in [3.8, 4) is 0 Å². The van der Waals surface area contributed by atoms with E-state index in [4.69, 9.17) is 5.73 Å². The standard InChI is InChI=1S/C17H19N3O2/c1-11-6-8-13(9-7-11)20-15(21)10-19-14-5-3-4-12(2)16(14)17(18)22/h3-9,19H,10H2,1-2H3,(H2,18,22)(H,20,21). The maximum Gasteiger partial charge on any atom is 0.251 e. The summed E-state index contributed by atoms with van der Waals surface area (Å²) < 4.78 is 0. The molecule has 22 heavy (non-hydrogen) atoms. The number of nitrogens with one attached hydrogen (secondary N) is 2. The minimum Gasteiger partial charge on any atom is -0.375 e. The van der Waals surface area contributed by atoms with Crippen LogP contribution in [-0.2, 0) is 4.79 Å². The van der Waals surface area contributed by atoms with E-state index in [1.807, 2.05) is 37.3 Å². The number of primary amides is 1. The molecule has 4 N–H and O–H groups in total. The number of aryl methyl sites for hydroxylation is 2. The number of hydrogen-bond donors (Lipinski definition) is 3. The van der Waals surface area contributed by atoms with Gasteiger partial charge in [-0.3, -0.25) is 9.59 Å². The van der Waals surface area contributed by atoms with Crippen molar-refractivity contribution in [1.29, 1.82) is 0 Å². The lowest BCUT2D eigenvalue weighted by Gasteiger charge is -2.12. The number of nitrogens with two attached hydrogens (primary N) is 1. The molecule has 5 nitrogen and oxygen atoms in total. The van der Waals surface area contributed by atoms with Crippen molar-refractivity contribution in [2.45, 2.75) is 13.8 Å². The van der Waals surface area contributed by atoms with Crippen LogP contribution in [0.1, 0.15) is 21.5 Å². The van der Waals surface area contributed by atoms with E-state index >= 15 is 0 Å². The van der Waals surface area contributed by atoms with Gasteiger partial charge < -0.3 is 16.4 Å². The zero-order valence-corrected chi connectivity index (χ0v) is 12.6. The molecule has 0 aliphatic carbocycles. The highest BCUT2D eigenvalue weighted by molar-refractivity contribution is 6.01. The molecular weight excluding hydrogens is 278 g/mol. The molecule has 0 saturated carbocycles. The second-order valence-corrected chi connectivity index (χ2v) is 5.13. The van der Waals surface area contributed by atoms with Crippen molar-refractivity contribution in [3.63, 3.8) is 0 Å². The second kappa shape index (κ2) is 6.76. The van der Waals surface area contributed by atoms with E-state index in [-0.39, 0.29) is 12.5 Å². The molecule has 0 bridgehead atoms. The third kappa shape index (κ3) is 3.85. The van der Waals surface area contributed by atoms with E-state index in [1.165, 1.54) is 0 Å². The van der Waals surface area contributed by atoms with Crippen molar-refractivity contribution in [1.82, 2.24) is 0 Å². The fraction of sp³-hybridized carbons (Fsp3) is 0.176. The molecule has 0 heterocycles. The lowest BCUT2D eigenvalue weighted by molar-refractivity contribution is -0.114. The molecule has 2 aromatic rings. The molecule has 0 aromatic heterocycles. The first-order valence-electron chi connectivity index (χ1n) is 6.97. The Kier molecular flexibility index (Phi) is 4.78. The van der Waals surface area contributed by atoms with Crippen molar-refractivity contribution >= 4 is 23.2 Å². The van der Waals surface area contributed by atoms with Crippen LogP contribution in [-0.4, -0.2) is 18.4 Å². The molecule has 0 aliphatic rings. The molecular formula is C17H19N3O2. The summed E-state index contributed by atoms with van der Waals surface area (Å²) in [4.78, 5) is 23.4. The largest absolute Gasteiger partial charge is 0.375 e. The zero-order valence-electron chi connectivity index (χ0n) is 12.6. The summed E-state index contributed by atoms with van der Waals surface area (Å²) in [5, 5.41) is 5.74. The van der Waals surface area contributed by atoms with Gasteiger partial charge in [0, 0.05) is 11.4 Å². The average Bonchev–Trinajstić information content (AvgIpc) is 2.47. The summed E-state index contributed by atoms with van der Waals surface area (Å²) in [6.07, 6.45) is 0. The lowest BCUT2D eigenvalue weighted by Crippen LogP contribution is -2.23. The predicted molar refractivity (Wildman–Crippen MR) is 88.0 cm³/mol. The first-order valence-corrected chi connectivity index (χ1v) is 6.97. The fourth-order valence-corrected chi connectivity index (χ4v) is 2.16. The molecule has 114 valence electrons. The predicted octanol–water partition coefficient (Wildman–Crippen LogP) is 2.45. The number of carbonyl (C=O) groups excluding carboxylic acids is 2. The van der Waals surface area contributed by atoms with E-state index in [2.05, 4.69) is 10.6 Å². The summed E-state index contributed by atoms with van der Waals surface area (Å²) >= 11 is 0. The summed E-state index contributed by atoms with van der Waals surface area (Å²) in [6.45, 7) is 3.84. The average molecular weight is 297 g/mol. The van der Waals surface area contributed by atoms with Gasteiger partial charge in [0.15, 0.2) is 0 Å². The van der Waals surface area contributed by atoms with Gasteiger partial charge in [-0.15, -0.1) is 0 Å². The first-order chi connectivity index (χ1) is 10.5. The summed E-state index contributed by atoms with van der Waals surface area (Å²) in [7, 11) is 0. The Balaban J connectivity index is 2.01. The van der Waals surface area contributed by atoms with E-state index in [0.717, 1.165) is 16.8 Å². The molecule has 0 spiro atoms. The van der Waals surface area contributed by atoms with E-state index in [1.54, 1.807) is 19.1 Å². The SMILES string of the molecule is Cc1ccc(NC(=O)CNc2cccc(C)c2C(N)=O)cc1. The van der Waals surface area contributed by atoms with Crippen LogP contribution >= 0.6 is 0 Å². The van der Waals surface area contributed by atoms with Gasteiger partial charge in [-0.2, -0.15) is 0 Å². The summed E-state index contributed by atoms with van der Waals surface area (Å²) in [6, 6.07) is 12.9. The van der Waals surface area contributed by atoms with Crippen LogP contribution in [0.15, 0.2) is 42.5 Å². The highest BCUT2D eigenvalue weighted by Gasteiger charge is 2.11. The number of hydrogen-bond acceptors (Lipinski definition) is 3. The smallest absolute Gasteiger partial charge is 0.251 e. The molecule has 2 aromatic carbocycles. The van der Waals surface area contributed by atoms with Crippen LogP contribution in [0, 0.1) is 13.8 Å². The van der Waals surface area contributed by atoms with Gasteiger partial charge in [0.25, 0.3) is 5.91 Å². The van der Waals surface area contributed by atoms with Crippen LogP contribution in [0.25, 0.3) is 0 Å². The Labute approximate surface area is 129 Å². The maximum atomic E-state index is 11.9. The number of rotatable bonds is 5. The molecule has 0 fully saturated rings. The molecule has 0 aliphatic heterocycles. The molecule has 0 unspecified atom stereocenters. The Morgan fingerprint density at radius 1 is 1.05 bits per heavy atom. The quantitative estimate of drug-likeness (QED) is 0.792. The fourth-order valence-electron chi connectivity index (χ4n) is 2.16. The summed E-state index contributed by atoms with van der Waals surface area (Å²) in [5.41, 5.74) is 8.98. The monoisotopic (exact) mass is 297 g/mol. The van der Waals surface area contributed by atoms with Gasteiger partial charge in [-0.05, 0) is 37.6 Å². The highest BCUT2D eigenvalue weighted by atomic mass is 16.2. The molecule has 5 heteroatoms. The van der Waals surface area contributed by atoms with Gasteiger partial charge in [0.05, 0.1) is 12.1 Å². The maximum absolute atomic E-state index is 11.9. The van der Waals surface area contributed by atoms with Crippen LogP contribution in [0.3, 0.4) is 0 Å². The van der Waals surface area contributed by atoms with E-state index < -0.39 is 5.91 Å². The van der Waals surface area contributed by atoms with Crippen molar-refractivity contribution < 1.29 is 9.59 Å². The van der Waals surface area contributed by atoms with Gasteiger partial charge in [-0.1, -0.05) is 29.8 Å². The minimum absolute atomic E-state index is 0.0532. The number of benzene rings is 2. The molecule has 0 radical (unpaired) electrons. The first kappa shape index (κ1) is 15.6. The van der Waals surface area contributed by atoms with Gasteiger partial charge in [0.1, 0.15) is 0 Å². The zero-order chi connectivity index (χ0) is 16.1. The third-order valence-electron chi connectivity index (χ3n) is 3.29. The van der Waals surface area contributed by atoms with Gasteiger partial charge in [0.2, 0.25) is 5.91 Å². The number of anilines is 2. The topological polar surface area (TPSA) is 84.2 Å². The van der Waals surface area contributed by atoms with Crippen LogP contribution < -0.4 is 16.4 Å². The van der Waals surface area contributed by atoms with Crippen molar-refractivity contribution in [2.75, 3.05) is 17.2 Å². The van der Waals surface area contributed by atoms with Crippen molar-refractivity contribution in [2.24, 2.45) is 5.73 Å². The van der Waals surface area contributed by atoms with Crippen LogP contribution in [0.4, 0.5) is 11.4 Å². The number of amides is 2. The van der Waals surface area contributed by atoms with Gasteiger partial charge >= 0.3 is 0 Å². The molecule has 0 saturated heterocycles. The van der Waals surface area contributed by atoms with Gasteiger partial charge in [-0.25, -0.2) is 0 Å². The Hall–Kier alpha value is -2.82. The molecule has 2 amide bonds. The van der Waals surface area contributed by atoms with Crippen LogP contribution in [0.2, 0.25) is 0 Å². The Morgan fingerprint density at radius 2 is 1.73 bits per heavy atom. The normalized spacial score (nSPS) is 10.1.